The van der Waals surface area contributed by atoms with Crippen molar-refractivity contribution in [2.45, 2.75) is 38.6 Å². The summed E-state index contributed by atoms with van der Waals surface area (Å²) in [5, 5.41) is 2.79. The number of rotatable bonds is 4. The van der Waals surface area contributed by atoms with Gasteiger partial charge in [0.25, 0.3) is 5.91 Å². The second-order valence-electron chi connectivity index (χ2n) is 7.10. The SMILES string of the molecule is CC(NC(=O)c1cc(/C=C(\N)Cl)c(N)[nH]1)C(=O)N1CCC2(CC1)CC2. The molecule has 1 aromatic rings. The Bertz CT molecular complexity index is 709. The molecule has 0 bridgehead atoms. The normalized spacial score (nSPS) is 20.4. The van der Waals surface area contributed by atoms with Gasteiger partial charge in [0.1, 0.15) is 17.6 Å². The molecule has 6 N–H and O–H groups in total. The fourth-order valence-electron chi connectivity index (χ4n) is 3.37. The van der Waals surface area contributed by atoms with Crippen LogP contribution in [0.5, 0.6) is 0 Å². The molecule has 0 aromatic carbocycles. The van der Waals surface area contributed by atoms with Crippen LogP contribution in [0.4, 0.5) is 5.82 Å². The summed E-state index contributed by atoms with van der Waals surface area (Å²) in [5.41, 5.74) is 12.5. The Labute approximate surface area is 151 Å². The third-order valence-corrected chi connectivity index (χ3v) is 5.34. The number of amides is 2. The average molecular weight is 366 g/mol. The second-order valence-corrected chi connectivity index (χ2v) is 7.54. The van der Waals surface area contributed by atoms with Gasteiger partial charge in [-0.2, -0.15) is 0 Å². The summed E-state index contributed by atoms with van der Waals surface area (Å²) in [6, 6.07) is 0.955. The van der Waals surface area contributed by atoms with Crippen LogP contribution in [0.3, 0.4) is 0 Å². The third kappa shape index (κ3) is 3.92. The van der Waals surface area contributed by atoms with Gasteiger partial charge >= 0.3 is 0 Å². The first-order valence-electron chi connectivity index (χ1n) is 8.50. The fraction of sp³-hybridized carbons (Fsp3) is 0.529. The molecule has 1 aliphatic carbocycles. The van der Waals surface area contributed by atoms with Crippen LogP contribution >= 0.6 is 11.6 Å². The lowest BCUT2D eigenvalue weighted by Crippen LogP contribution is -2.49. The van der Waals surface area contributed by atoms with E-state index in [2.05, 4.69) is 10.3 Å². The maximum Gasteiger partial charge on any atom is 0.268 e. The van der Waals surface area contributed by atoms with Crippen molar-refractivity contribution in [2.24, 2.45) is 11.1 Å². The molecule has 8 heteroatoms. The fourth-order valence-corrected chi connectivity index (χ4v) is 3.48. The van der Waals surface area contributed by atoms with Crippen molar-refractivity contribution in [3.05, 3.63) is 22.5 Å². The van der Waals surface area contributed by atoms with E-state index >= 15 is 0 Å². The summed E-state index contributed by atoms with van der Waals surface area (Å²) >= 11 is 5.63. The molecular weight excluding hydrogens is 342 g/mol. The maximum absolute atomic E-state index is 12.5. The highest BCUT2D eigenvalue weighted by atomic mass is 35.5. The Balaban J connectivity index is 1.58. The summed E-state index contributed by atoms with van der Waals surface area (Å²) in [4.78, 5) is 29.5. The molecule has 2 amide bonds. The number of hydrogen-bond donors (Lipinski definition) is 4. The molecule has 1 atom stereocenters. The molecule has 2 heterocycles. The summed E-state index contributed by atoms with van der Waals surface area (Å²) in [6.45, 7) is 3.25. The van der Waals surface area contributed by atoms with E-state index in [0.29, 0.717) is 16.8 Å². The highest BCUT2D eigenvalue weighted by molar-refractivity contribution is 6.31. The smallest absolute Gasteiger partial charge is 0.268 e. The van der Waals surface area contributed by atoms with Crippen LogP contribution in [0.2, 0.25) is 0 Å². The Morgan fingerprint density at radius 1 is 1.36 bits per heavy atom. The van der Waals surface area contributed by atoms with Crippen LogP contribution in [0.1, 0.15) is 48.7 Å². The number of halogens is 1. The third-order valence-electron chi connectivity index (χ3n) is 5.23. The summed E-state index contributed by atoms with van der Waals surface area (Å²) < 4.78 is 0. The van der Waals surface area contributed by atoms with Crippen molar-refractivity contribution in [1.82, 2.24) is 15.2 Å². The topological polar surface area (TPSA) is 117 Å². The van der Waals surface area contributed by atoms with E-state index in [1.54, 1.807) is 13.0 Å². The van der Waals surface area contributed by atoms with Gasteiger partial charge in [0.05, 0.1) is 5.16 Å². The molecule has 1 aromatic heterocycles. The summed E-state index contributed by atoms with van der Waals surface area (Å²) in [5.74, 6) is -0.150. The van der Waals surface area contributed by atoms with Crippen molar-refractivity contribution in [1.29, 1.82) is 0 Å². The monoisotopic (exact) mass is 365 g/mol. The maximum atomic E-state index is 12.5. The van der Waals surface area contributed by atoms with Crippen molar-refractivity contribution >= 4 is 35.3 Å². The molecule has 1 spiro atoms. The molecule has 1 saturated carbocycles. The van der Waals surface area contributed by atoms with Crippen molar-refractivity contribution < 1.29 is 9.59 Å². The van der Waals surface area contributed by atoms with Gasteiger partial charge in [-0.05, 0) is 50.2 Å². The molecule has 1 unspecified atom stereocenters. The number of H-pyrrole nitrogens is 1. The van der Waals surface area contributed by atoms with Crippen LogP contribution in [0.25, 0.3) is 6.08 Å². The van der Waals surface area contributed by atoms with E-state index < -0.39 is 11.9 Å². The Hall–Kier alpha value is -2.15. The Morgan fingerprint density at radius 2 is 2.00 bits per heavy atom. The number of nitrogens with one attached hydrogen (secondary N) is 2. The van der Waals surface area contributed by atoms with Gasteiger partial charge in [-0.15, -0.1) is 0 Å². The largest absolute Gasteiger partial charge is 0.389 e. The van der Waals surface area contributed by atoms with Gasteiger partial charge in [-0.1, -0.05) is 11.6 Å². The number of nitrogen functional groups attached to an aromatic ring is 1. The van der Waals surface area contributed by atoms with E-state index in [1.165, 1.54) is 18.9 Å². The van der Waals surface area contributed by atoms with Crippen LogP contribution < -0.4 is 16.8 Å². The molecule has 0 radical (unpaired) electrons. The number of piperidine rings is 1. The molecular formula is C17H24ClN5O2. The molecule has 2 fully saturated rings. The molecule has 25 heavy (non-hydrogen) atoms. The minimum atomic E-state index is -0.595. The Morgan fingerprint density at radius 3 is 2.56 bits per heavy atom. The lowest BCUT2D eigenvalue weighted by Gasteiger charge is -2.33. The number of nitrogens with two attached hydrogens (primary N) is 2. The average Bonchev–Trinajstić information content (AvgIpc) is 3.21. The zero-order valence-electron chi connectivity index (χ0n) is 14.3. The molecule has 3 rings (SSSR count). The van der Waals surface area contributed by atoms with E-state index in [1.807, 2.05) is 4.90 Å². The van der Waals surface area contributed by atoms with E-state index in [9.17, 15) is 9.59 Å². The van der Waals surface area contributed by atoms with Crippen LogP contribution in [0.15, 0.2) is 11.2 Å². The Kier molecular flexibility index (Phi) is 4.69. The van der Waals surface area contributed by atoms with Crippen LogP contribution in [-0.4, -0.2) is 40.8 Å². The van der Waals surface area contributed by atoms with E-state index in [-0.39, 0.29) is 16.8 Å². The number of carbonyl (C=O) groups excluding carboxylic acids is 2. The highest BCUT2D eigenvalue weighted by Gasteiger charge is 2.45. The molecule has 1 saturated heterocycles. The van der Waals surface area contributed by atoms with Gasteiger partial charge < -0.3 is 26.7 Å². The van der Waals surface area contributed by atoms with Gasteiger partial charge in [-0.25, -0.2) is 0 Å². The quantitative estimate of drug-likeness (QED) is 0.606. The van der Waals surface area contributed by atoms with Crippen molar-refractivity contribution in [2.75, 3.05) is 18.8 Å². The first-order valence-corrected chi connectivity index (χ1v) is 8.88. The van der Waals surface area contributed by atoms with Gasteiger partial charge in [0, 0.05) is 18.7 Å². The number of hydrogen-bond acceptors (Lipinski definition) is 4. The van der Waals surface area contributed by atoms with E-state index in [0.717, 1.165) is 25.9 Å². The number of anilines is 1. The van der Waals surface area contributed by atoms with Crippen LogP contribution in [-0.2, 0) is 4.79 Å². The number of aromatic nitrogens is 1. The number of likely N-dealkylation sites (tertiary alicyclic amines) is 1. The predicted molar refractivity (Wildman–Crippen MR) is 97.6 cm³/mol. The zero-order valence-corrected chi connectivity index (χ0v) is 15.0. The van der Waals surface area contributed by atoms with Gasteiger partial charge in [-0.3, -0.25) is 9.59 Å². The first kappa shape index (κ1) is 17.7. The highest BCUT2D eigenvalue weighted by Crippen LogP contribution is 2.53. The molecule has 2 aliphatic rings. The number of aromatic amines is 1. The van der Waals surface area contributed by atoms with Crippen molar-refractivity contribution in [3.8, 4) is 0 Å². The lowest BCUT2D eigenvalue weighted by molar-refractivity contribution is -0.134. The van der Waals surface area contributed by atoms with Crippen molar-refractivity contribution in [3.63, 3.8) is 0 Å². The van der Waals surface area contributed by atoms with Gasteiger partial charge in [0.15, 0.2) is 0 Å². The van der Waals surface area contributed by atoms with Crippen LogP contribution in [0, 0.1) is 5.41 Å². The second kappa shape index (κ2) is 6.63. The minimum absolute atomic E-state index is 0.0477. The lowest BCUT2D eigenvalue weighted by atomic mass is 9.93. The summed E-state index contributed by atoms with van der Waals surface area (Å²) in [7, 11) is 0. The van der Waals surface area contributed by atoms with E-state index in [4.69, 9.17) is 23.1 Å². The van der Waals surface area contributed by atoms with Gasteiger partial charge in [0.2, 0.25) is 5.91 Å². The standard InChI is InChI=1S/C17H24ClN5O2/c1-10(16(25)23-6-4-17(2-3-17)5-7-23)21-15(24)12-8-11(9-13(18)19)14(20)22-12/h8-10,22H,2-7,19-20H2,1H3,(H,21,24)/b13-9-. The zero-order chi connectivity index (χ0) is 18.2. The minimum Gasteiger partial charge on any atom is -0.389 e. The first-order chi connectivity index (χ1) is 11.8. The molecule has 7 nitrogen and oxygen atoms in total. The predicted octanol–water partition coefficient (Wildman–Crippen LogP) is 1.61. The number of nitrogens with zero attached hydrogens (tertiary/aromatic N) is 1. The molecule has 136 valence electrons. The number of carbonyl (C=O) groups is 2. The molecule has 1 aliphatic heterocycles. The summed E-state index contributed by atoms with van der Waals surface area (Å²) in [6.07, 6.45) is 6.18.